The van der Waals surface area contributed by atoms with Crippen LogP contribution in [0.4, 0.5) is 0 Å². The second kappa shape index (κ2) is 4.29. The van der Waals surface area contributed by atoms with E-state index in [1.165, 1.54) is 38.8 Å². The van der Waals surface area contributed by atoms with Crippen molar-refractivity contribution < 1.29 is 0 Å². The summed E-state index contributed by atoms with van der Waals surface area (Å²) < 4.78 is 0. The van der Waals surface area contributed by atoms with Gasteiger partial charge in [-0.3, -0.25) is 5.32 Å². The van der Waals surface area contributed by atoms with Gasteiger partial charge in [-0.15, -0.1) is 0 Å². The van der Waals surface area contributed by atoms with E-state index in [2.05, 4.69) is 16.3 Å². The quantitative estimate of drug-likeness (QED) is 0.714. The van der Waals surface area contributed by atoms with Gasteiger partial charge in [0, 0.05) is 12.1 Å². The van der Waals surface area contributed by atoms with Crippen molar-refractivity contribution in [1.29, 1.82) is 5.26 Å². The second-order valence-electron chi connectivity index (χ2n) is 4.57. The second-order valence-corrected chi connectivity index (χ2v) is 4.57. The molecule has 0 aromatic rings. The molecule has 2 aliphatic rings. The zero-order valence-electron chi connectivity index (χ0n) is 8.87. The van der Waals surface area contributed by atoms with Gasteiger partial charge < -0.3 is 4.90 Å². The number of piperidine rings is 1. The molecule has 3 atom stereocenters. The van der Waals surface area contributed by atoms with Crippen molar-refractivity contribution in [3.63, 3.8) is 0 Å². The lowest BCUT2D eigenvalue weighted by Gasteiger charge is -2.35. The van der Waals surface area contributed by atoms with Gasteiger partial charge in [0.05, 0.1) is 12.1 Å². The van der Waals surface area contributed by atoms with Crippen LogP contribution in [0, 0.1) is 11.3 Å². The van der Waals surface area contributed by atoms with Crippen molar-refractivity contribution in [2.24, 2.45) is 0 Å². The van der Waals surface area contributed by atoms with Gasteiger partial charge >= 0.3 is 0 Å². The van der Waals surface area contributed by atoms with E-state index >= 15 is 0 Å². The number of nitriles is 1. The largest absolute Gasteiger partial charge is 0.300 e. The van der Waals surface area contributed by atoms with E-state index < -0.39 is 0 Å². The van der Waals surface area contributed by atoms with Gasteiger partial charge in [-0.2, -0.15) is 5.26 Å². The maximum Gasteiger partial charge on any atom is 0.0926 e. The number of rotatable bonds is 2. The molecule has 0 aliphatic carbocycles. The van der Waals surface area contributed by atoms with Crippen LogP contribution in [0.1, 0.15) is 32.6 Å². The molecule has 2 rings (SSSR count). The van der Waals surface area contributed by atoms with E-state index in [1.807, 2.05) is 6.92 Å². The average molecular weight is 193 g/mol. The van der Waals surface area contributed by atoms with Crippen molar-refractivity contribution in [2.75, 3.05) is 13.1 Å². The smallest absolute Gasteiger partial charge is 0.0926 e. The van der Waals surface area contributed by atoms with E-state index in [0.29, 0.717) is 6.04 Å². The Morgan fingerprint density at radius 2 is 2.29 bits per heavy atom. The Morgan fingerprint density at radius 3 is 3.07 bits per heavy atom. The first kappa shape index (κ1) is 9.95. The predicted molar refractivity (Wildman–Crippen MR) is 55.8 cm³/mol. The topological polar surface area (TPSA) is 39.1 Å². The third kappa shape index (κ3) is 2.08. The van der Waals surface area contributed by atoms with Crippen molar-refractivity contribution >= 4 is 0 Å². The fourth-order valence-electron chi connectivity index (χ4n) is 2.77. The Labute approximate surface area is 86.1 Å². The van der Waals surface area contributed by atoms with Crippen molar-refractivity contribution in [3.05, 3.63) is 0 Å². The number of nitrogens with one attached hydrogen (secondary N) is 1. The summed E-state index contributed by atoms with van der Waals surface area (Å²) >= 11 is 0. The first-order valence-corrected chi connectivity index (χ1v) is 5.69. The molecule has 3 heteroatoms. The Balaban J connectivity index is 1.83. The molecule has 3 unspecified atom stereocenters. The van der Waals surface area contributed by atoms with Gasteiger partial charge in [0.25, 0.3) is 0 Å². The number of nitrogens with zero attached hydrogens (tertiary/aromatic N) is 2. The first-order chi connectivity index (χ1) is 6.79. The Bertz CT molecular complexity index is 233. The summed E-state index contributed by atoms with van der Waals surface area (Å²) in [4.78, 5) is 2.61. The fourth-order valence-corrected chi connectivity index (χ4v) is 2.77. The van der Waals surface area contributed by atoms with E-state index in [9.17, 15) is 0 Å². The molecule has 3 nitrogen and oxygen atoms in total. The van der Waals surface area contributed by atoms with Crippen LogP contribution >= 0.6 is 0 Å². The minimum atomic E-state index is 0.00736. The summed E-state index contributed by atoms with van der Waals surface area (Å²) in [6, 6.07) is 3.63. The van der Waals surface area contributed by atoms with Crippen LogP contribution in [0.3, 0.4) is 0 Å². The summed E-state index contributed by atoms with van der Waals surface area (Å²) in [5.74, 6) is 0. The van der Waals surface area contributed by atoms with Crippen LogP contribution in [0.2, 0.25) is 0 Å². The normalized spacial score (nSPS) is 34.9. The lowest BCUT2D eigenvalue weighted by molar-refractivity contribution is 0.165. The Hall–Kier alpha value is -0.590. The molecule has 2 saturated heterocycles. The number of hydrogen-bond donors (Lipinski definition) is 1. The average Bonchev–Trinajstić information content (AvgIpc) is 2.64. The van der Waals surface area contributed by atoms with Gasteiger partial charge in [-0.25, -0.2) is 0 Å². The molecule has 2 aliphatic heterocycles. The molecule has 0 spiro atoms. The molecule has 78 valence electrons. The molecule has 0 aromatic heterocycles. The molecule has 0 radical (unpaired) electrons. The van der Waals surface area contributed by atoms with Gasteiger partial charge in [0.2, 0.25) is 0 Å². The highest BCUT2D eigenvalue weighted by Gasteiger charge is 2.31. The maximum absolute atomic E-state index is 8.73. The zero-order chi connectivity index (χ0) is 9.97. The number of fused-ring (bicyclic) bond motifs is 1. The molecule has 0 saturated carbocycles. The summed E-state index contributed by atoms with van der Waals surface area (Å²) in [6.45, 7) is 4.46. The van der Waals surface area contributed by atoms with Gasteiger partial charge in [0.15, 0.2) is 0 Å². The molecule has 0 amide bonds. The third-order valence-electron chi connectivity index (χ3n) is 3.50. The molecule has 2 heterocycles. The predicted octanol–water partition coefficient (Wildman–Crippen LogP) is 1.11. The molecule has 1 N–H and O–H groups in total. The summed E-state index contributed by atoms with van der Waals surface area (Å²) in [6.07, 6.45) is 5.18. The maximum atomic E-state index is 8.73. The highest BCUT2D eigenvalue weighted by Crippen LogP contribution is 2.26. The monoisotopic (exact) mass is 193 g/mol. The standard InChI is InChI=1S/C11H19N3/c1-9(8-12)13-10-4-6-14-5-2-3-11(14)7-10/h9-11,13H,2-7H2,1H3. The van der Waals surface area contributed by atoms with Crippen molar-refractivity contribution in [3.8, 4) is 6.07 Å². The van der Waals surface area contributed by atoms with Crippen molar-refractivity contribution in [1.82, 2.24) is 10.2 Å². The van der Waals surface area contributed by atoms with Crippen LogP contribution in [0.5, 0.6) is 0 Å². The summed E-state index contributed by atoms with van der Waals surface area (Å²) in [5.41, 5.74) is 0. The van der Waals surface area contributed by atoms with Crippen LogP contribution < -0.4 is 5.32 Å². The molecular weight excluding hydrogens is 174 g/mol. The van der Waals surface area contributed by atoms with Crippen LogP contribution in [0.15, 0.2) is 0 Å². The molecular formula is C11H19N3. The Morgan fingerprint density at radius 1 is 1.43 bits per heavy atom. The van der Waals surface area contributed by atoms with Crippen LogP contribution in [-0.2, 0) is 0 Å². The van der Waals surface area contributed by atoms with Gasteiger partial charge in [0.1, 0.15) is 0 Å². The fraction of sp³-hybridized carbons (Fsp3) is 0.909. The highest BCUT2D eigenvalue weighted by atomic mass is 15.2. The molecule has 0 bridgehead atoms. The lowest BCUT2D eigenvalue weighted by Crippen LogP contribution is -2.47. The minimum Gasteiger partial charge on any atom is -0.300 e. The zero-order valence-corrected chi connectivity index (χ0v) is 8.87. The molecule has 2 fully saturated rings. The van der Waals surface area contributed by atoms with Crippen LogP contribution in [0.25, 0.3) is 0 Å². The summed E-state index contributed by atoms with van der Waals surface area (Å²) in [7, 11) is 0. The molecule has 0 aromatic carbocycles. The lowest BCUT2D eigenvalue weighted by atomic mass is 9.97. The SMILES string of the molecule is CC(C#N)NC1CCN2CCCC2C1. The van der Waals surface area contributed by atoms with Gasteiger partial charge in [-0.05, 0) is 45.7 Å². The summed E-state index contributed by atoms with van der Waals surface area (Å²) in [5, 5.41) is 12.1. The third-order valence-corrected chi connectivity index (χ3v) is 3.50. The number of hydrogen-bond acceptors (Lipinski definition) is 3. The molecule has 14 heavy (non-hydrogen) atoms. The van der Waals surface area contributed by atoms with E-state index in [0.717, 1.165) is 6.04 Å². The van der Waals surface area contributed by atoms with E-state index in [-0.39, 0.29) is 6.04 Å². The first-order valence-electron chi connectivity index (χ1n) is 5.69. The van der Waals surface area contributed by atoms with Gasteiger partial charge in [-0.1, -0.05) is 0 Å². The van der Waals surface area contributed by atoms with Crippen molar-refractivity contribution in [2.45, 2.75) is 50.7 Å². The highest BCUT2D eigenvalue weighted by molar-refractivity contribution is 4.93. The Kier molecular flexibility index (Phi) is 3.05. The van der Waals surface area contributed by atoms with E-state index in [1.54, 1.807) is 0 Å². The minimum absolute atomic E-state index is 0.00736. The van der Waals surface area contributed by atoms with Crippen LogP contribution in [-0.4, -0.2) is 36.1 Å². The van der Waals surface area contributed by atoms with E-state index in [4.69, 9.17) is 5.26 Å².